The van der Waals surface area contributed by atoms with Gasteiger partial charge in [0.15, 0.2) is 0 Å². The van der Waals surface area contributed by atoms with Crippen LogP contribution in [0.5, 0.6) is 0 Å². The average Bonchev–Trinajstić information content (AvgIpc) is 2.49. The smallest absolute Gasteiger partial charge is 0.322 e. The molecule has 0 bridgehead atoms. The highest BCUT2D eigenvalue weighted by molar-refractivity contribution is 14.1. The minimum absolute atomic E-state index is 0.0300. The van der Waals surface area contributed by atoms with Gasteiger partial charge in [0.2, 0.25) is 0 Å². The molecule has 0 atom stereocenters. The van der Waals surface area contributed by atoms with Gasteiger partial charge in [-0.15, -0.1) is 0 Å². The first kappa shape index (κ1) is 18.3. The van der Waals surface area contributed by atoms with Crippen LogP contribution in [0.2, 0.25) is 0 Å². The van der Waals surface area contributed by atoms with Crippen LogP contribution in [0.15, 0.2) is 36.4 Å². The largest absolute Gasteiger partial charge is 0.416 e. The molecule has 0 radical (unpaired) electrons. The molecule has 0 aliphatic carbocycles. The molecule has 0 spiro atoms. The highest BCUT2D eigenvalue weighted by atomic mass is 127. The number of rotatable bonds is 3. The molecule has 0 saturated carbocycles. The van der Waals surface area contributed by atoms with Crippen molar-refractivity contribution >= 4 is 50.1 Å². The lowest BCUT2D eigenvalue weighted by atomic mass is 10.0. The Balaban J connectivity index is 2.30. The molecule has 0 saturated heterocycles. The fraction of sp³-hybridized carbons (Fsp3) is 0.188. The van der Waals surface area contributed by atoms with Crippen LogP contribution in [0.1, 0.15) is 27.0 Å². The second kappa shape index (κ2) is 7.21. The Bertz CT molecular complexity index is 747. The zero-order valence-corrected chi connectivity index (χ0v) is 15.7. The van der Waals surface area contributed by atoms with Gasteiger partial charge in [0.05, 0.1) is 5.56 Å². The quantitative estimate of drug-likeness (QED) is 0.423. The Kier molecular flexibility index (Phi) is 5.72. The van der Waals surface area contributed by atoms with Crippen LogP contribution in [-0.2, 0) is 11.5 Å². The summed E-state index contributed by atoms with van der Waals surface area (Å²) in [6.45, 7) is 1.93. The number of carbonyl (C=O) groups is 1. The van der Waals surface area contributed by atoms with E-state index < -0.39 is 17.6 Å². The average molecular weight is 498 g/mol. The van der Waals surface area contributed by atoms with Crippen molar-refractivity contribution in [3.8, 4) is 0 Å². The van der Waals surface area contributed by atoms with Crippen LogP contribution in [0, 0.1) is 10.5 Å². The summed E-state index contributed by atoms with van der Waals surface area (Å²) in [6.07, 6.45) is -4.50. The maximum absolute atomic E-state index is 13.0. The number of benzene rings is 2. The van der Waals surface area contributed by atoms with Gasteiger partial charge in [-0.05, 0) is 64.9 Å². The molecule has 0 aromatic heterocycles. The molecule has 122 valence electrons. The predicted octanol–water partition coefficient (Wildman–Crippen LogP) is 5.77. The number of nitrogens with one attached hydrogen (secondary N) is 1. The fourth-order valence-electron chi connectivity index (χ4n) is 1.97. The first-order chi connectivity index (χ1) is 10.7. The molecular weight excluding hydrogens is 486 g/mol. The molecule has 2 nitrogen and oxygen atoms in total. The van der Waals surface area contributed by atoms with E-state index in [2.05, 4.69) is 43.8 Å². The minimum atomic E-state index is -4.50. The lowest BCUT2D eigenvalue weighted by molar-refractivity contribution is -0.138. The third-order valence-electron chi connectivity index (χ3n) is 3.25. The standard InChI is InChI=1S/C16H12BrF3INO/c1-9-2-5-12(7-14(9)21)22-15(23)10-3-4-11(8-17)13(6-10)16(18,19)20/h2-7H,8H2,1H3,(H,22,23). The number of aryl methyl sites for hydroxylation is 1. The summed E-state index contributed by atoms with van der Waals surface area (Å²) in [7, 11) is 0. The number of halogens is 5. The summed E-state index contributed by atoms with van der Waals surface area (Å²) < 4.78 is 40.1. The van der Waals surface area contributed by atoms with E-state index in [1.54, 1.807) is 12.1 Å². The SMILES string of the molecule is Cc1ccc(NC(=O)c2ccc(CBr)c(C(F)(F)F)c2)cc1I. The molecule has 7 heteroatoms. The zero-order chi connectivity index (χ0) is 17.2. The Labute approximate surface area is 153 Å². The number of hydrogen-bond donors (Lipinski definition) is 1. The number of alkyl halides is 4. The van der Waals surface area contributed by atoms with Crippen molar-refractivity contribution in [3.63, 3.8) is 0 Å². The van der Waals surface area contributed by atoms with Crippen molar-refractivity contribution < 1.29 is 18.0 Å². The van der Waals surface area contributed by atoms with Crippen molar-refractivity contribution in [1.82, 2.24) is 0 Å². The van der Waals surface area contributed by atoms with Crippen LogP contribution >= 0.6 is 38.5 Å². The molecule has 0 fully saturated rings. The van der Waals surface area contributed by atoms with Gasteiger partial charge in [-0.2, -0.15) is 13.2 Å². The third kappa shape index (κ3) is 4.47. The molecule has 1 N–H and O–H groups in total. The van der Waals surface area contributed by atoms with E-state index in [1.807, 2.05) is 13.0 Å². The Hall–Kier alpha value is -1.09. The molecule has 0 heterocycles. The van der Waals surface area contributed by atoms with E-state index >= 15 is 0 Å². The number of anilines is 1. The predicted molar refractivity (Wildman–Crippen MR) is 95.9 cm³/mol. The van der Waals surface area contributed by atoms with E-state index in [4.69, 9.17) is 0 Å². The number of carbonyl (C=O) groups excluding carboxylic acids is 1. The molecular formula is C16H12BrF3INO. The lowest BCUT2D eigenvalue weighted by Crippen LogP contribution is -2.15. The van der Waals surface area contributed by atoms with E-state index in [-0.39, 0.29) is 16.5 Å². The van der Waals surface area contributed by atoms with Gasteiger partial charge >= 0.3 is 6.18 Å². The summed E-state index contributed by atoms with van der Waals surface area (Å²) in [5.41, 5.74) is 0.866. The van der Waals surface area contributed by atoms with Gasteiger partial charge < -0.3 is 5.32 Å². The first-order valence-corrected chi connectivity index (χ1v) is 8.76. The van der Waals surface area contributed by atoms with Crippen molar-refractivity contribution in [1.29, 1.82) is 0 Å². The van der Waals surface area contributed by atoms with E-state index in [9.17, 15) is 18.0 Å². The van der Waals surface area contributed by atoms with Gasteiger partial charge in [0.1, 0.15) is 0 Å². The Morgan fingerprint density at radius 1 is 1.22 bits per heavy atom. The van der Waals surface area contributed by atoms with Gasteiger partial charge in [-0.25, -0.2) is 0 Å². The number of amides is 1. The van der Waals surface area contributed by atoms with E-state index in [1.165, 1.54) is 12.1 Å². The fourth-order valence-corrected chi connectivity index (χ4v) is 2.98. The first-order valence-electron chi connectivity index (χ1n) is 6.56. The Morgan fingerprint density at radius 3 is 2.48 bits per heavy atom. The second-order valence-electron chi connectivity index (χ2n) is 4.92. The van der Waals surface area contributed by atoms with Crippen LogP contribution < -0.4 is 5.32 Å². The van der Waals surface area contributed by atoms with Crippen molar-refractivity contribution in [2.45, 2.75) is 18.4 Å². The molecule has 0 aliphatic rings. The summed E-state index contributed by atoms with van der Waals surface area (Å²) in [5, 5.41) is 2.69. The molecule has 1 amide bonds. The van der Waals surface area contributed by atoms with Crippen molar-refractivity contribution in [2.75, 3.05) is 5.32 Å². The van der Waals surface area contributed by atoms with Gasteiger partial charge in [0, 0.05) is 20.2 Å². The van der Waals surface area contributed by atoms with Crippen molar-refractivity contribution in [3.05, 3.63) is 62.2 Å². The minimum Gasteiger partial charge on any atom is -0.322 e. The third-order valence-corrected chi connectivity index (χ3v) is 5.02. The highest BCUT2D eigenvalue weighted by Crippen LogP contribution is 2.33. The summed E-state index contributed by atoms with van der Waals surface area (Å²) in [5.74, 6) is -0.573. The summed E-state index contributed by atoms with van der Waals surface area (Å²) in [4.78, 5) is 12.2. The molecule has 23 heavy (non-hydrogen) atoms. The summed E-state index contributed by atoms with van der Waals surface area (Å²) >= 11 is 5.16. The van der Waals surface area contributed by atoms with Crippen LogP contribution in [0.3, 0.4) is 0 Å². The van der Waals surface area contributed by atoms with E-state index in [0.717, 1.165) is 15.2 Å². The highest BCUT2D eigenvalue weighted by Gasteiger charge is 2.33. The maximum atomic E-state index is 13.0. The van der Waals surface area contributed by atoms with E-state index in [0.29, 0.717) is 5.69 Å². The second-order valence-corrected chi connectivity index (χ2v) is 6.64. The normalized spacial score (nSPS) is 11.4. The monoisotopic (exact) mass is 497 g/mol. The maximum Gasteiger partial charge on any atom is 0.416 e. The van der Waals surface area contributed by atoms with Gasteiger partial charge in [-0.1, -0.05) is 28.1 Å². The molecule has 0 aliphatic heterocycles. The Morgan fingerprint density at radius 2 is 1.91 bits per heavy atom. The van der Waals surface area contributed by atoms with Crippen molar-refractivity contribution in [2.24, 2.45) is 0 Å². The van der Waals surface area contributed by atoms with Gasteiger partial charge in [-0.3, -0.25) is 4.79 Å². The van der Waals surface area contributed by atoms with Crippen LogP contribution in [0.4, 0.5) is 18.9 Å². The van der Waals surface area contributed by atoms with Crippen LogP contribution in [-0.4, -0.2) is 5.91 Å². The van der Waals surface area contributed by atoms with Gasteiger partial charge in [0.25, 0.3) is 5.91 Å². The zero-order valence-electron chi connectivity index (χ0n) is 12.0. The molecule has 0 unspecified atom stereocenters. The lowest BCUT2D eigenvalue weighted by Gasteiger charge is -2.13. The van der Waals surface area contributed by atoms with Crippen LogP contribution in [0.25, 0.3) is 0 Å². The molecule has 2 aromatic carbocycles. The topological polar surface area (TPSA) is 29.1 Å². The molecule has 2 aromatic rings. The number of hydrogen-bond acceptors (Lipinski definition) is 1. The molecule has 2 rings (SSSR count). The summed E-state index contributed by atoms with van der Waals surface area (Å²) in [6, 6.07) is 8.90.